The van der Waals surface area contributed by atoms with Gasteiger partial charge >= 0.3 is 0 Å². The Morgan fingerprint density at radius 3 is 2.52 bits per heavy atom. The van der Waals surface area contributed by atoms with E-state index in [2.05, 4.69) is 37.9 Å². The largest absolute Gasteiger partial charge is 0.287 e. The van der Waals surface area contributed by atoms with Crippen LogP contribution in [-0.4, -0.2) is 25.8 Å². The minimum atomic E-state index is 0.904. The fourth-order valence-electron chi connectivity index (χ4n) is 2.59. The maximum Gasteiger partial charge on any atom is 0.147 e. The van der Waals surface area contributed by atoms with Crippen LogP contribution < -0.4 is 0 Å². The number of nitrogens with zero attached hydrogens (tertiary/aromatic N) is 4. The monoisotopic (exact) mass is 292 g/mol. The van der Waals surface area contributed by atoms with Gasteiger partial charge in [-0.05, 0) is 30.5 Å². The van der Waals surface area contributed by atoms with Gasteiger partial charge in [-0.15, -0.1) is 11.8 Å². The van der Waals surface area contributed by atoms with Crippen molar-refractivity contribution in [1.82, 2.24) is 19.5 Å². The van der Waals surface area contributed by atoms with Gasteiger partial charge in [0.2, 0.25) is 0 Å². The lowest BCUT2D eigenvalue weighted by molar-refractivity contribution is 0.938. The van der Waals surface area contributed by atoms with Gasteiger partial charge in [0.1, 0.15) is 28.4 Å². The maximum atomic E-state index is 4.58. The van der Waals surface area contributed by atoms with E-state index in [9.17, 15) is 0 Å². The molecular formula is C16H12N4S. The van der Waals surface area contributed by atoms with Crippen molar-refractivity contribution in [3.8, 4) is 17.1 Å². The number of thioether (sulfide) groups is 1. The fraction of sp³-hybridized carbons (Fsp3) is 0.0625. The molecule has 0 atom stereocenters. The fourth-order valence-corrected chi connectivity index (χ4v) is 3.30. The number of aromatic nitrogens is 4. The molecule has 102 valence electrons. The number of imidazole rings is 1. The molecule has 0 spiro atoms. The number of fused-ring (bicyclic) bond motifs is 3. The van der Waals surface area contributed by atoms with Crippen molar-refractivity contribution in [3.63, 3.8) is 0 Å². The normalized spacial score (nSPS) is 11.3. The third-order valence-corrected chi connectivity index (χ3v) is 4.23. The van der Waals surface area contributed by atoms with Gasteiger partial charge < -0.3 is 0 Å². The van der Waals surface area contributed by atoms with Gasteiger partial charge in [0.25, 0.3) is 0 Å². The van der Waals surface area contributed by atoms with E-state index >= 15 is 0 Å². The molecule has 0 bridgehead atoms. The number of hydrogen-bond donors (Lipinski definition) is 0. The second kappa shape index (κ2) is 4.86. The SMILES string of the molecule is CSc1c2ncnc-2c2cccnc2n1-c1ccccc1. The summed E-state index contributed by atoms with van der Waals surface area (Å²) in [5.74, 6) is 0. The Bertz CT molecular complexity index is 885. The Morgan fingerprint density at radius 1 is 0.905 bits per heavy atom. The second-order valence-corrected chi connectivity index (χ2v) is 5.42. The molecule has 0 fully saturated rings. The molecule has 4 nitrogen and oxygen atoms in total. The van der Waals surface area contributed by atoms with Crippen molar-refractivity contribution in [1.29, 1.82) is 0 Å². The Kier molecular flexibility index (Phi) is 2.86. The lowest BCUT2D eigenvalue weighted by Crippen LogP contribution is -2.06. The first-order valence-corrected chi connectivity index (χ1v) is 7.82. The van der Waals surface area contributed by atoms with Crippen molar-refractivity contribution >= 4 is 22.8 Å². The van der Waals surface area contributed by atoms with Gasteiger partial charge in [-0.3, -0.25) is 4.57 Å². The Hall–Kier alpha value is -2.40. The summed E-state index contributed by atoms with van der Waals surface area (Å²) in [6.45, 7) is 0. The highest BCUT2D eigenvalue weighted by atomic mass is 32.2. The lowest BCUT2D eigenvalue weighted by Gasteiger charge is -2.18. The van der Waals surface area contributed by atoms with Crippen LogP contribution >= 0.6 is 11.8 Å². The summed E-state index contributed by atoms with van der Waals surface area (Å²) in [4.78, 5) is 13.4. The van der Waals surface area contributed by atoms with Crippen LogP contribution in [0.25, 0.3) is 28.1 Å². The van der Waals surface area contributed by atoms with E-state index in [1.165, 1.54) is 0 Å². The molecule has 0 N–H and O–H groups in total. The molecule has 0 radical (unpaired) electrons. The number of hydrogen-bond acceptors (Lipinski definition) is 4. The third-order valence-electron chi connectivity index (χ3n) is 3.46. The van der Waals surface area contributed by atoms with Crippen LogP contribution in [0.4, 0.5) is 0 Å². The van der Waals surface area contributed by atoms with Gasteiger partial charge in [-0.2, -0.15) is 0 Å². The second-order valence-electron chi connectivity index (χ2n) is 4.63. The lowest BCUT2D eigenvalue weighted by atomic mass is 10.1. The maximum absolute atomic E-state index is 4.58. The van der Waals surface area contributed by atoms with Crippen molar-refractivity contribution in [2.24, 2.45) is 0 Å². The predicted octanol–water partition coefficient (Wildman–Crippen LogP) is 3.64. The van der Waals surface area contributed by atoms with Crippen LogP contribution in [-0.2, 0) is 0 Å². The van der Waals surface area contributed by atoms with Crippen LogP contribution in [0.5, 0.6) is 0 Å². The van der Waals surface area contributed by atoms with E-state index in [0.29, 0.717) is 0 Å². The number of rotatable bonds is 2. The van der Waals surface area contributed by atoms with Crippen molar-refractivity contribution in [2.45, 2.75) is 5.03 Å². The Morgan fingerprint density at radius 2 is 1.71 bits per heavy atom. The first-order valence-electron chi connectivity index (χ1n) is 6.59. The summed E-state index contributed by atoms with van der Waals surface area (Å²) >= 11 is 1.66. The predicted molar refractivity (Wildman–Crippen MR) is 85.1 cm³/mol. The zero-order valence-corrected chi connectivity index (χ0v) is 12.2. The first kappa shape index (κ1) is 12.3. The highest BCUT2D eigenvalue weighted by Crippen LogP contribution is 2.37. The van der Waals surface area contributed by atoms with E-state index in [4.69, 9.17) is 0 Å². The molecule has 0 amide bonds. The summed E-state index contributed by atoms with van der Waals surface area (Å²) < 4.78 is 2.15. The number of benzene rings is 1. The Labute approximate surface area is 126 Å². The van der Waals surface area contributed by atoms with E-state index in [0.717, 1.165) is 33.1 Å². The standard InChI is InChI=1S/C16H12N4S/c1-21-16-14-13(18-10-19-14)12-8-5-9-17-15(12)20(16)11-6-3-2-4-7-11/h2-10H,1H3. The molecule has 5 heteroatoms. The summed E-state index contributed by atoms with van der Waals surface area (Å²) in [5, 5.41) is 2.08. The van der Waals surface area contributed by atoms with Crippen LogP contribution in [0.15, 0.2) is 60.0 Å². The van der Waals surface area contributed by atoms with Crippen molar-refractivity contribution in [2.75, 3.05) is 6.26 Å². The molecule has 2 aliphatic heterocycles. The smallest absolute Gasteiger partial charge is 0.147 e. The van der Waals surface area contributed by atoms with Crippen molar-refractivity contribution < 1.29 is 0 Å². The van der Waals surface area contributed by atoms with Crippen LogP contribution in [0.1, 0.15) is 0 Å². The van der Waals surface area contributed by atoms with Gasteiger partial charge in [0.05, 0.1) is 0 Å². The molecule has 1 aromatic carbocycles. The third kappa shape index (κ3) is 1.81. The van der Waals surface area contributed by atoms with Crippen LogP contribution in [0.2, 0.25) is 0 Å². The van der Waals surface area contributed by atoms with E-state index in [-0.39, 0.29) is 0 Å². The van der Waals surface area contributed by atoms with Gasteiger partial charge in [-0.25, -0.2) is 15.0 Å². The minimum absolute atomic E-state index is 0.904. The summed E-state index contributed by atoms with van der Waals surface area (Å²) in [6, 6.07) is 14.2. The first-order chi connectivity index (χ1) is 10.4. The summed E-state index contributed by atoms with van der Waals surface area (Å²) in [6.07, 6.45) is 5.48. The molecule has 21 heavy (non-hydrogen) atoms. The molecule has 0 saturated carbocycles. The molecule has 0 unspecified atom stereocenters. The molecular weight excluding hydrogens is 280 g/mol. The highest BCUT2D eigenvalue weighted by Gasteiger charge is 2.21. The minimum Gasteiger partial charge on any atom is -0.287 e. The van der Waals surface area contributed by atoms with Crippen molar-refractivity contribution in [3.05, 3.63) is 55.0 Å². The summed E-state index contributed by atoms with van der Waals surface area (Å²) in [5.41, 5.74) is 3.82. The molecule has 0 saturated heterocycles. The quantitative estimate of drug-likeness (QED) is 0.529. The Balaban J connectivity index is 2.23. The molecule has 1 aromatic heterocycles. The molecule has 3 heterocycles. The number of para-hydroxylation sites is 1. The van der Waals surface area contributed by atoms with E-state index in [1.807, 2.05) is 36.5 Å². The topological polar surface area (TPSA) is 43.6 Å². The molecule has 2 aromatic rings. The molecule has 2 aliphatic rings. The molecule has 4 rings (SSSR count). The highest BCUT2D eigenvalue weighted by molar-refractivity contribution is 7.98. The zero-order valence-electron chi connectivity index (χ0n) is 11.4. The zero-order chi connectivity index (χ0) is 14.2. The van der Waals surface area contributed by atoms with Crippen LogP contribution in [0.3, 0.4) is 0 Å². The van der Waals surface area contributed by atoms with E-state index < -0.39 is 0 Å². The summed E-state index contributed by atoms with van der Waals surface area (Å²) in [7, 11) is 0. The van der Waals surface area contributed by atoms with E-state index in [1.54, 1.807) is 18.1 Å². The van der Waals surface area contributed by atoms with Crippen LogP contribution in [0, 0.1) is 0 Å². The van der Waals surface area contributed by atoms with Gasteiger partial charge in [0.15, 0.2) is 0 Å². The average Bonchev–Trinajstić information content (AvgIpc) is 3.04. The average molecular weight is 292 g/mol. The molecule has 0 aliphatic carbocycles. The van der Waals surface area contributed by atoms with Gasteiger partial charge in [0, 0.05) is 17.3 Å². The van der Waals surface area contributed by atoms with Gasteiger partial charge in [-0.1, -0.05) is 18.2 Å². The number of pyridine rings is 2.